The van der Waals surface area contributed by atoms with Gasteiger partial charge in [-0.1, -0.05) is 0 Å². The summed E-state index contributed by atoms with van der Waals surface area (Å²) in [7, 11) is 2.97. The second-order valence-corrected chi connectivity index (χ2v) is 4.06. The van der Waals surface area contributed by atoms with Crippen molar-refractivity contribution >= 4 is 11.9 Å². The summed E-state index contributed by atoms with van der Waals surface area (Å²) in [5.74, 6) is -0.621. The molecule has 2 N–H and O–H groups in total. The lowest BCUT2D eigenvalue weighted by molar-refractivity contribution is -0.138. The van der Waals surface area contributed by atoms with E-state index in [9.17, 15) is 9.59 Å². The summed E-state index contributed by atoms with van der Waals surface area (Å²) < 4.78 is 10.2. The molecule has 0 heterocycles. The van der Waals surface area contributed by atoms with Crippen molar-refractivity contribution in [2.75, 3.05) is 14.2 Å². The Morgan fingerprint density at radius 1 is 1.21 bits per heavy atom. The largest absolute Gasteiger partial charge is 0.493 e. The van der Waals surface area contributed by atoms with Crippen LogP contribution in [0.25, 0.3) is 0 Å². The summed E-state index contributed by atoms with van der Waals surface area (Å²) in [5.41, 5.74) is 1.03. The van der Waals surface area contributed by atoms with E-state index < -0.39 is 17.9 Å². The van der Waals surface area contributed by atoms with Gasteiger partial charge in [-0.05, 0) is 31.5 Å². The summed E-state index contributed by atoms with van der Waals surface area (Å²) >= 11 is 0. The Morgan fingerprint density at radius 2 is 1.74 bits per heavy atom. The number of carbonyl (C=O) groups excluding carboxylic acids is 1. The molecule has 0 fully saturated rings. The number of rotatable bonds is 5. The van der Waals surface area contributed by atoms with Crippen molar-refractivity contribution in [1.82, 2.24) is 5.32 Å². The molecular formula is C13H17NO5. The smallest absolute Gasteiger partial charge is 0.325 e. The molecule has 1 amide bonds. The first kappa shape index (κ1) is 14.8. The van der Waals surface area contributed by atoms with Gasteiger partial charge in [0, 0.05) is 5.56 Å². The molecule has 1 aromatic carbocycles. The Hall–Kier alpha value is -2.24. The fourth-order valence-corrected chi connectivity index (χ4v) is 1.56. The fourth-order valence-electron chi connectivity index (χ4n) is 1.56. The van der Waals surface area contributed by atoms with Gasteiger partial charge in [0.05, 0.1) is 14.2 Å². The van der Waals surface area contributed by atoms with Crippen molar-refractivity contribution in [2.24, 2.45) is 0 Å². The van der Waals surface area contributed by atoms with Gasteiger partial charge in [-0.3, -0.25) is 9.59 Å². The molecule has 0 aliphatic rings. The molecular weight excluding hydrogens is 250 g/mol. The van der Waals surface area contributed by atoms with E-state index in [1.807, 2.05) is 0 Å². The first-order chi connectivity index (χ1) is 8.90. The molecule has 0 spiro atoms. The molecule has 0 aliphatic carbocycles. The molecule has 19 heavy (non-hydrogen) atoms. The maximum absolute atomic E-state index is 12.0. The highest BCUT2D eigenvalue weighted by Gasteiger charge is 2.18. The van der Waals surface area contributed by atoms with Gasteiger partial charge in [0.15, 0.2) is 11.5 Å². The average Bonchev–Trinajstić information content (AvgIpc) is 2.37. The van der Waals surface area contributed by atoms with E-state index in [0.29, 0.717) is 22.6 Å². The lowest BCUT2D eigenvalue weighted by Gasteiger charge is -2.14. The lowest BCUT2D eigenvalue weighted by atomic mass is 10.1. The molecule has 0 aromatic heterocycles. The van der Waals surface area contributed by atoms with Crippen molar-refractivity contribution in [3.05, 3.63) is 23.3 Å². The molecule has 0 bridgehead atoms. The number of carboxylic acids is 1. The number of methoxy groups -OCH3 is 2. The zero-order valence-electron chi connectivity index (χ0n) is 11.3. The standard InChI is InChI=1S/C13H17NO5/c1-7-5-10(18-3)11(19-4)6-9(7)12(15)14-8(2)13(16)17/h5-6,8H,1-4H3,(H,14,15)(H,16,17)/t8-/m0/s1. The third-order valence-electron chi connectivity index (χ3n) is 2.69. The van der Waals surface area contributed by atoms with Crippen LogP contribution in [0.3, 0.4) is 0 Å². The Bertz CT molecular complexity index is 498. The Morgan fingerprint density at radius 3 is 2.21 bits per heavy atom. The van der Waals surface area contributed by atoms with Crippen LogP contribution in [0, 0.1) is 6.92 Å². The van der Waals surface area contributed by atoms with Gasteiger partial charge in [0.25, 0.3) is 5.91 Å². The minimum absolute atomic E-state index is 0.353. The SMILES string of the molecule is COc1cc(C)c(C(=O)N[C@@H](C)C(=O)O)cc1OC. The van der Waals surface area contributed by atoms with Crippen LogP contribution in [-0.4, -0.2) is 37.2 Å². The van der Waals surface area contributed by atoms with Gasteiger partial charge in [-0.15, -0.1) is 0 Å². The number of carbonyl (C=O) groups is 2. The molecule has 104 valence electrons. The maximum atomic E-state index is 12.0. The summed E-state index contributed by atoms with van der Waals surface area (Å²) in [5, 5.41) is 11.2. The molecule has 0 unspecified atom stereocenters. The predicted molar refractivity (Wildman–Crippen MR) is 68.8 cm³/mol. The van der Waals surface area contributed by atoms with Gasteiger partial charge < -0.3 is 19.9 Å². The van der Waals surface area contributed by atoms with Crippen LogP contribution in [0.15, 0.2) is 12.1 Å². The third kappa shape index (κ3) is 3.37. The highest BCUT2D eigenvalue weighted by molar-refractivity contribution is 5.98. The van der Waals surface area contributed by atoms with Gasteiger partial charge in [-0.2, -0.15) is 0 Å². The Kier molecular flexibility index (Phi) is 4.74. The molecule has 6 nitrogen and oxygen atoms in total. The van der Waals surface area contributed by atoms with Crippen molar-refractivity contribution in [2.45, 2.75) is 19.9 Å². The summed E-state index contributed by atoms with van der Waals surface area (Å²) in [6.45, 7) is 3.14. The Labute approximate surface area is 111 Å². The van der Waals surface area contributed by atoms with E-state index in [2.05, 4.69) is 5.32 Å². The van der Waals surface area contributed by atoms with E-state index in [-0.39, 0.29) is 0 Å². The average molecular weight is 267 g/mol. The maximum Gasteiger partial charge on any atom is 0.325 e. The molecule has 0 saturated heterocycles. The summed E-state index contributed by atoms with van der Waals surface area (Å²) in [6, 6.07) is 2.23. The van der Waals surface area contributed by atoms with Crippen molar-refractivity contribution < 1.29 is 24.2 Å². The monoisotopic (exact) mass is 267 g/mol. The normalized spacial score (nSPS) is 11.6. The van der Waals surface area contributed by atoms with Crippen LogP contribution < -0.4 is 14.8 Å². The Balaban J connectivity index is 3.06. The van der Waals surface area contributed by atoms with Crippen LogP contribution in [-0.2, 0) is 4.79 Å². The quantitative estimate of drug-likeness (QED) is 0.837. The van der Waals surface area contributed by atoms with Crippen LogP contribution in [0.5, 0.6) is 11.5 Å². The first-order valence-electron chi connectivity index (χ1n) is 5.67. The number of ether oxygens (including phenoxy) is 2. The number of carboxylic acid groups (broad SMARTS) is 1. The van der Waals surface area contributed by atoms with Gasteiger partial charge in [-0.25, -0.2) is 0 Å². The van der Waals surface area contributed by atoms with Gasteiger partial charge in [0.2, 0.25) is 0 Å². The highest BCUT2D eigenvalue weighted by Crippen LogP contribution is 2.30. The number of benzene rings is 1. The number of hydrogen-bond donors (Lipinski definition) is 2. The van der Waals surface area contributed by atoms with E-state index in [4.69, 9.17) is 14.6 Å². The minimum atomic E-state index is -1.09. The fraction of sp³-hybridized carbons (Fsp3) is 0.385. The second kappa shape index (κ2) is 6.08. The molecule has 1 aromatic rings. The minimum Gasteiger partial charge on any atom is -0.493 e. The lowest BCUT2D eigenvalue weighted by Crippen LogP contribution is -2.38. The van der Waals surface area contributed by atoms with E-state index in [1.54, 1.807) is 13.0 Å². The van der Waals surface area contributed by atoms with Gasteiger partial charge >= 0.3 is 5.97 Å². The van der Waals surface area contributed by atoms with Crippen LogP contribution >= 0.6 is 0 Å². The zero-order valence-corrected chi connectivity index (χ0v) is 11.3. The molecule has 1 atom stereocenters. The van der Waals surface area contributed by atoms with E-state index in [0.717, 1.165) is 0 Å². The van der Waals surface area contributed by atoms with Crippen LogP contribution in [0.2, 0.25) is 0 Å². The predicted octanol–water partition coefficient (Wildman–Crippen LogP) is 1.22. The van der Waals surface area contributed by atoms with Crippen molar-refractivity contribution in [1.29, 1.82) is 0 Å². The number of aliphatic carboxylic acids is 1. The first-order valence-corrected chi connectivity index (χ1v) is 5.67. The topological polar surface area (TPSA) is 84.9 Å². The molecule has 0 saturated carbocycles. The van der Waals surface area contributed by atoms with E-state index >= 15 is 0 Å². The van der Waals surface area contributed by atoms with Crippen LogP contribution in [0.4, 0.5) is 0 Å². The second-order valence-electron chi connectivity index (χ2n) is 4.06. The number of amides is 1. The summed E-state index contributed by atoms with van der Waals surface area (Å²) in [6.07, 6.45) is 0. The highest BCUT2D eigenvalue weighted by atomic mass is 16.5. The van der Waals surface area contributed by atoms with Crippen molar-refractivity contribution in [3.63, 3.8) is 0 Å². The number of nitrogens with one attached hydrogen (secondary N) is 1. The number of hydrogen-bond acceptors (Lipinski definition) is 4. The zero-order chi connectivity index (χ0) is 14.6. The van der Waals surface area contributed by atoms with Crippen molar-refractivity contribution in [3.8, 4) is 11.5 Å². The number of aryl methyl sites for hydroxylation is 1. The summed E-state index contributed by atoms with van der Waals surface area (Å²) in [4.78, 5) is 22.7. The molecule has 1 rings (SSSR count). The molecule has 0 aliphatic heterocycles. The van der Waals surface area contributed by atoms with Crippen LogP contribution in [0.1, 0.15) is 22.8 Å². The molecule has 6 heteroatoms. The third-order valence-corrected chi connectivity index (χ3v) is 2.69. The van der Waals surface area contributed by atoms with Gasteiger partial charge in [0.1, 0.15) is 6.04 Å². The molecule has 0 radical (unpaired) electrons. The van der Waals surface area contributed by atoms with E-state index in [1.165, 1.54) is 27.2 Å².